The summed E-state index contributed by atoms with van der Waals surface area (Å²) in [5, 5.41) is 0.580. The number of rotatable bonds is 12. The molecule has 6 nitrogen and oxygen atoms in total. The highest BCUT2D eigenvalue weighted by Crippen LogP contribution is 2.54. The Balaban J connectivity index is 4.08. The molecular weight excluding hydrogens is 386 g/mol. The van der Waals surface area contributed by atoms with Gasteiger partial charge in [0, 0.05) is 5.03 Å². The van der Waals surface area contributed by atoms with Crippen LogP contribution in [0.15, 0.2) is 34.4 Å². The molecule has 25 heavy (non-hydrogen) atoms. The fourth-order valence-electron chi connectivity index (χ4n) is 1.92. The molecule has 0 aromatic rings. The largest absolute Gasteiger partial charge is 0.367 e. The molecule has 0 rings (SSSR count). The number of allylic oxidation sites excluding steroid dienone is 5. The molecule has 0 aliphatic heterocycles. The molecule has 1 atom stereocenters. The first kappa shape index (κ1) is 24.8. The van der Waals surface area contributed by atoms with Crippen molar-refractivity contribution in [2.45, 2.75) is 46.5 Å². The zero-order valence-electron chi connectivity index (χ0n) is 15.0. The van der Waals surface area contributed by atoms with Gasteiger partial charge in [-0.2, -0.15) is 0 Å². The second-order valence-corrected chi connectivity index (χ2v) is 11.1. The van der Waals surface area contributed by atoms with E-state index in [9.17, 15) is 14.0 Å². The van der Waals surface area contributed by atoms with Crippen molar-refractivity contribution >= 4 is 26.6 Å². The van der Waals surface area contributed by atoms with Gasteiger partial charge in [0.15, 0.2) is 0 Å². The Kier molecular flexibility index (Phi) is 12.1. The molecule has 0 saturated carbocycles. The van der Waals surface area contributed by atoms with Crippen LogP contribution in [0.2, 0.25) is 0 Å². The van der Waals surface area contributed by atoms with E-state index in [1.807, 2.05) is 0 Å². The van der Waals surface area contributed by atoms with Gasteiger partial charge in [-0.3, -0.25) is 9.13 Å². The molecule has 1 unspecified atom stereocenters. The van der Waals surface area contributed by atoms with E-state index in [1.165, 1.54) is 11.1 Å². The van der Waals surface area contributed by atoms with Gasteiger partial charge in [-0.05, 0) is 52.5 Å². The monoisotopic (exact) mass is 414 g/mol. The van der Waals surface area contributed by atoms with Crippen molar-refractivity contribution in [3.05, 3.63) is 34.4 Å². The average molecular weight is 415 g/mol. The zero-order chi connectivity index (χ0) is 19.5. The molecule has 3 N–H and O–H groups in total. The maximum atomic E-state index is 11.5. The smallest absolute Gasteiger partial charge is 0.335 e. The van der Waals surface area contributed by atoms with Gasteiger partial charge in [0.05, 0.1) is 6.61 Å². The Morgan fingerprint density at radius 2 is 1.60 bits per heavy atom. The Bertz CT molecular complexity index is 587. The normalized spacial score (nSPS) is 15.8. The van der Waals surface area contributed by atoms with E-state index >= 15 is 0 Å². The third-order valence-corrected chi connectivity index (χ3v) is 7.26. The lowest BCUT2D eigenvalue weighted by Crippen LogP contribution is -2.00. The highest BCUT2D eigenvalue weighted by Gasteiger charge is 2.29. The SMILES string of the molecule is CC(C)=CCC/C(C)=C/CC/C(Cl)=C\COCP(=O)(O)CP(=O)(O)O. The minimum absolute atomic E-state index is 0.0216. The van der Waals surface area contributed by atoms with E-state index in [0.29, 0.717) is 11.5 Å². The summed E-state index contributed by atoms with van der Waals surface area (Å²) in [5.41, 5.74) is 2.61. The summed E-state index contributed by atoms with van der Waals surface area (Å²) in [5.74, 6) is -1.08. The summed E-state index contributed by atoms with van der Waals surface area (Å²) in [7, 11) is -8.54. The van der Waals surface area contributed by atoms with Gasteiger partial charge in [-0.15, -0.1) is 0 Å². The van der Waals surface area contributed by atoms with Gasteiger partial charge in [-0.25, -0.2) is 0 Å². The van der Waals surface area contributed by atoms with Crippen LogP contribution >= 0.6 is 26.6 Å². The maximum Gasteiger partial charge on any atom is 0.335 e. The number of halogens is 1. The first-order valence-corrected chi connectivity index (χ1v) is 12.2. The van der Waals surface area contributed by atoms with E-state index in [2.05, 4.69) is 32.9 Å². The van der Waals surface area contributed by atoms with E-state index in [1.54, 1.807) is 6.08 Å². The quantitative estimate of drug-likeness (QED) is 0.237. The average Bonchev–Trinajstić information content (AvgIpc) is 2.40. The van der Waals surface area contributed by atoms with Crippen molar-refractivity contribution in [3.8, 4) is 0 Å². The van der Waals surface area contributed by atoms with E-state index in [-0.39, 0.29) is 6.61 Å². The molecule has 0 bridgehead atoms. The van der Waals surface area contributed by atoms with Crippen molar-refractivity contribution in [1.82, 2.24) is 0 Å². The second kappa shape index (κ2) is 12.2. The van der Waals surface area contributed by atoms with Crippen molar-refractivity contribution < 1.29 is 28.5 Å². The number of hydrogen-bond donors (Lipinski definition) is 3. The van der Waals surface area contributed by atoms with Crippen LogP contribution in [0.5, 0.6) is 0 Å². The second-order valence-electron chi connectivity index (χ2n) is 6.21. The van der Waals surface area contributed by atoms with E-state index in [4.69, 9.17) is 26.1 Å². The van der Waals surface area contributed by atoms with Gasteiger partial charge in [0.25, 0.3) is 0 Å². The predicted octanol–water partition coefficient (Wildman–Crippen LogP) is 4.96. The van der Waals surface area contributed by atoms with Gasteiger partial charge < -0.3 is 19.4 Å². The third kappa shape index (κ3) is 17.0. The number of ether oxygens (including phenoxy) is 1. The molecular formula is C16H29ClO6P2. The summed E-state index contributed by atoms with van der Waals surface area (Å²) in [4.78, 5) is 26.8. The topological polar surface area (TPSA) is 104 Å². The molecule has 0 aliphatic rings. The standard InChI is InChI=1S/C16H29ClO6P2/c1-14(2)6-4-7-15(3)8-5-9-16(17)10-11-23-12-24(18,19)13-25(20,21)22/h6,8,10H,4-5,7,9,11-13H2,1-3H3,(H,18,19)(H2,20,21,22)/b15-8+,16-10+. The first-order chi connectivity index (χ1) is 11.4. The molecule has 0 fully saturated rings. The molecule has 146 valence electrons. The van der Waals surface area contributed by atoms with Crippen molar-refractivity contribution in [1.29, 1.82) is 0 Å². The molecule has 9 heteroatoms. The van der Waals surface area contributed by atoms with Gasteiger partial charge in [-0.1, -0.05) is 34.9 Å². The third-order valence-electron chi connectivity index (χ3n) is 3.09. The fraction of sp³-hybridized carbons (Fsp3) is 0.625. The highest BCUT2D eigenvalue weighted by molar-refractivity contribution is 7.72. The van der Waals surface area contributed by atoms with Gasteiger partial charge >= 0.3 is 7.60 Å². The molecule has 0 amide bonds. The lowest BCUT2D eigenvalue weighted by atomic mass is 10.1. The summed E-state index contributed by atoms with van der Waals surface area (Å²) in [6, 6.07) is 0. The van der Waals surface area contributed by atoms with Gasteiger partial charge in [0.2, 0.25) is 7.37 Å². The van der Waals surface area contributed by atoms with Crippen molar-refractivity contribution in [3.63, 3.8) is 0 Å². The predicted molar refractivity (Wildman–Crippen MR) is 103 cm³/mol. The van der Waals surface area contributed by atoms with Crippen molar-refractivity contribution in [2.75, 3.05) is 18.9 Å². The van der Waals surface area contributed by atoms with Crippen LogP contribution in [0.1, 0.15) is 46.5 Å². The lowest BCUT2D eigenvalue weighted by molar-refractivity contribution is 0.199. The number of hydrogen-bond acceptors (Lipinski definition) is 3. The molecule has 0 aromatic carbocycles. The van der Waals surface area contributed by atoms with Crippen LogP contribution in [-0.4, -0.2) is 33.5 Å². The molecule has 0 spiro atoms. The Morgan fingerprint density at radius 3 is 2.16 bits per heavy atom. The van der Waals surface area contributed by atoms with Crippen LogP contribution in [0.4, 0.5) is 0 Å². The lowest BCUT2D eigenvalue weighted by Gasteiger charge is -2.12. The van der Waals surface area contributed by atoms with Gasteiger partial charge in [0.1, 0.15) is 12.3 Å². The van der Waals surface area contributed by atoms with Crippen LogP contribution < -0.4 is 0 Å². The minimum atomic E-state index is -4.54. The Labute approximate surface area is 155 Å². The van der Waals surface area contributed by atoms with Crippen LogP contribution in [0, 0.1) is 0 Å². The molecule has 0 saturated heterocycles. The molecule has 0 radical (unpaired) electrons. The van der Waals surface area contributed by atoms with E-state index < -0.39 is 27.2 Å². The summed E-state index contributed by atoms with van der Waals surface area (Å²) in [6.07, 6.45) is 8.80. The molecule has 0 aliphatic carbocycles. The molecule has 0 aromatic heterocycles. The maximum absolute atomic E-state index is 11.5. The van der Waals surface area contributed by atoms with Crippen LogP contribution in [0.25, 0.3) is 0 Å². The highest BCUT2D eigenvalue weighted by atomic mass is 35.5. The minimum Gasteiger partial charge on any atom is -0.367 e. The van der Waals surface area contributed by atoms with E-state index in [0.717, 1.165) is 19.3 Å². The Hall–Kier alpha value is -0.190. The fourth-order valence-corrected chi connectivity index (χ4v) is 5.11. The van der Waals surface area contributed by atoms with Crippen LogP contribution in [-0.2, 0) is 13.9 Å². The summed E-state index contributed by atoms with van der Waals surface area (Å²) in [6.45, 7) is 6.26. The zero-order valence-corrected chi connectivity index (χ0v) is 17.6. The van der Waals surface area contributed by atoms with Crippen molar-refractivity contribution in [2.24, 2.45) is 0 Å². The Morgan fingerprint density at radius 1 is 1.00 bits per heavy atom. The summed E-state index contributed by atoms with van der Waals surface area (Å²) < 4.78 is 27.2. The summed E-state index contributed by atoms with van der Waals surface area (Å²) >= 11 is 6.05. The van der Waals surface area contributed by atoms with Crippen LogP contribution in [0.3, 0.4) is 0 Å². The first-order valence-electron chi connectivity index (χ1n) is 7.98. The molecule has 0 heterocycles.